The van der Waals surface area contributed by atoms with E-state index in [1.54, 1.807) is 30.6 Å². The van der Waals surface area contributed by atoms with Crippen molar-refractivity contribution in [2.75, 3.05) is 7.11 Å². The van der Waals surface area contributed by atoms with Crippen molar-refractivity contribution in [3.8, 4) is 10.8 Å². The molecule has 45 heavy (non-hydrogen) atoms. The van der Waals surface area contributed by atoms with E-state index in [0.717, 1.165) is 47.3 Å². The average Bonchev–Trinajstić information content (AvgIpc) is 3.75. The Kier molecular flexibility index (Phi) is 7.67. The molecule has 8 nitrogen and oxygen atoms in total. The molecule has 0 bridgehead atoms. The van der Waals surface area contributed by atoms with Gasteiger partial charge < -0.3 is 9.47 Å². The van der Waals surface area contributed by atoms with Crippen LogP contribution in [0.2, 0.25) is 5.02 Å². The van der Waals surface area contributed by atoms with E-state index in [0.29, 0.717) is 26.8 Å². The van der Waals surface area contributed by atoms with Gasteiger partial charge in [0, 0.05) is 22.7 Å². The van der Waals surface area contributed by atoms with Gasteiger partial charge in [0.05, 0.1) is 29.3 Å². The zero-order chi connectivity index (χ0) is 31.2. The third kappa shape index (κ3) is 5.19. The molecule has 2 aliphatic rings. The third-order valence-corrected chi connectivity index (χ3v) is 10.3. The number of aromatic nitrogens is 2. The first-order valence-corrected chi connectivity index (χ1v) is 16.1. The smallest absolute Gasteiger partial charge is 0.351 e. The molecule has 7 rings (SSSR count). The second kappa shape index (κ2) is 11.8. The fraction of sp³-hybridized carbons (Fsp3) is 0.257. The molecule has 3 heterocycles. The number of imidazole rings is 1. The molecule has 0 saturated heterocycles. The van der Waals surface area contributed by atoms with Gasteiger partial charge in [-0.15, -0.1) is 11.3 Å². The second-order valence-electron chi connectivity index (χ2n) is 11.4. The molecule has 1 fully saturated rings. The number of amides is 2. The number of carbonyl (C=O) groups is 3. The summed E-state index contributed by atoms with van der Waals surface area (Å²) in [7, 11) is 1.35. The number of nitrogens with zero attached hydrogens (tertiary/aromatic N) is 3. The Morgan fingerprint density at radius 3 is 2.33 bits per heavy atom. The minimum absolute atomic E-state index is 0.0997. The quantitative estimate of drug-likeness (QED) is 0.132. The maximum Gasteiger partial charge on any atom is 0.351 e. The van der Waals surface area contributed by atoms with Gasteiger partial charge in [0.1, 0.15) is 23.2 Å². The lowest BCUT2D eigenvalue weighted by Crippen LogP contribution is -2.41. The van der Waals surface area contributed by atoms with Crippen LogP contribution in [0.15, 0.2) is 79.1 Å². The van der Waals surface area contributed by atoms with Gasteiger partial charge in [-0.1, -0.05) is 48.0 Å². The van der Waals surface area contributed by atoms with Crippen LogP contribution in [0.25, 0.3) is 16.0 Å². The highest BCUT2D eigenvalue weighted by Crippen LogP contribution is 2.40. The fourth-order valence-electron chi connectivity index (χ4n) is 6.52. The Labute approximate surface area is 269 Å². The summed E-state index contributed by atoms with van der Waals surface area (Å²) in [6.07, 6.45) is 4.59. The summed E-state index contributed by atoms with van der Waals surface area (Å²) in [6, 6.07) is 22.5. The van der Waals surface area contributed by atoms with Crippen LogP contribution in [0, 0.1) is 0 Å². The highest BCUT2D eigenvalue weighted by molar-refractivity contribution is 7.16. The van der Waals surface area contributed by atoms with Crippen LogP contribution in [0.5, 0.6) is 5.75 Å². The molecule has 0 radical (unpaired) electrons. The monoisotopic (exact) mass is 639 g/mol. The van der Waals surface area contributed by atoms with E-state index in [9.17, 15) is 14.4 Å². The van der Waals surface area contributed by atoms with Crippen LogP contribution in [-0.2, 0) is 4.74 Å². The molecule has 228 valence electrons. The zero-order valence-corrected chi connectivity index (χ0v) is 26.3. The van der Waals surface area contributed by atoms with Crippen molar-refractivity contribution in [3.63, 3.8) is 0 Å². The lowest BCUT2D eigenvalue weighted by molar-refractivity contribution is 0.0540. The predicted molar refractivity (Wildman–Crippen MR) is 173 cm³/mol. The van der Waals surface area contributed by atoms with E-state index < -0.39 is 12.1 Å². The first kappa shape index (κ1) is 29.3. The minimum Gasteiger partial charge on any atom is -0.484 e. The largest absolute Gasteiger partial charge is 0.484 e. The van der Waals surface area contributed by atoms with E-state index in [1.807, 2.05) is 47.9 Å². The van der Waals surface area contributed by atoms with Crippen LogP contribution < -0.4 is 4.74 Å². The molecule has 2 aromatic heterocycles. The maximum atomic E-state index is 13.0. The van der Waals surface area contributed by atoms with Gasteiger partial charge in [-0.2, -0.15) is 0 Å². The predicted octanol–water partition coefficient (Wildman–Crippen LogP) is 7.99. The summed E-state index contributed by atoms with van der Waals surface area (Å²) in [5.74, 6) is -0.146. The van der Waals surface area contributed by atoms with Gasteiger partial charge in [0.2, 0.25) is 0 Å². The normalized spacial score (nSPS) is 18.7. The molecular formula is C35H30ClN3O5S. The van der Waals surface area contributed by atoms with Crippen LogP contribution in [0.1, 0.15) is 86.1 Å². The SMILES string of the molecule is COC(=O)c1sc(-n2cnc3ccc(C4CCC(N5C(=O)c6ccccc6C5=O)CC4)cc32)cc1O[C@H](C)c1ccccc1Cl. The Morgan fingerprint density at radius 1 is 0.956 bits per heavy atom. The zero-order valence-electron chi connectivity index (χ0n) is 24.7. The number of benzene rings is 3. The highest BCUT2D eigenvalue weighted by atomic mass is 35.5. The van der Waals surface area contributed by atoms with Crippen LogP contribution in [0.3, 0.4) is 0 Å². The van der Waals surface area contributed by atoms with Crippen molar-refractivity contribution < 1.29 is 23.9 Å². The van der Waals surface area contributed by atoms with Crippen molar-refractivity contribution in [3.05, 3.63) is 111 Å². The van der Waals surface area contributed by atoms with E-state index in [4.69, 9.17) is 21.1 Å². The Bertz CT molecular complexity index is 1920. The molecule has 1 aliphatic carbocycles. The third-order valence-electron chi connectivity index (χ3n) is 8.87. The summed E-state index contributed by atoms with van der Waals surface area (Å²) >= 11 is 7.68. The summed E-state index contributed by atoms with van der Waals surface area (Å²) in [4.78, 5) is 45.3. The Hall–Kier alpha value is -4.47. The van der Waals surface area contributed by atoms with Gasteiger partial charge in [-0.3, -0.25) is 19.1 Å². The summed E-state index contributed by atoms with van der Waals surface area (Å²) < 4.78 is 13.3. The standard InChI is InChI=1S/C35H30ClN3O5S/c1-20(24-7-5-6-10-27(24)36)44-30-18-31(45-32(30)35(42)43-2)38-19-37-28-16-13-22(17-29(28)38)21-11-14-23(15-12-21)39-33(40)25-8-3-4-9-26(25)34(39)41/h3-10,13,16-21,23H,11-12,14-15H2,1-2H3/t20-,21?,23?/m1/s1. The number of fused-ring (bicyclic) bond motifs is 2. The molecule has 3 aromatic carbocycles. The Balaban J connectivity index is 1.13. The van der Waals surface area contributed by atoms with E-state index in [-0.39, 0.29) is 23.8 Å². The van der Waals surface area contributed by atoms with Crippen LogP contribution in [-0.4, -0.2) is 45.4 Å². The molecule has 1 saturated carbocycles. The van der Waals surface area contributed by atoms with E-state index in [1.165, 1.54) is 28.9 Å². The minimum atomic E-state index is -0.479. The number of methoxy groups -OCH3 is 1. The van der Waals surface area contributed by atoms with E-state index in [2.05, 4.69) is 17.1 Å². The Morgan fingerprint density at radius 2 is 1.64 bits per heavy atom. The molecule has 1 atom stereocenters. The van der Waals surface area contributed by atoms with Crippen molar-refractivity contribution >= 4 is 51.8 Å². The molecule has 5 aromatic rings. The fourth-order valence-corrected chi connectivity index (χ4v) is 7.81. The van der Waals surface area contributed by atoms with Crippen molar-refractivity contribution in [2.24, 2.45) is 0 Å². The molecule has 10 heteroatoms. The lowest BCUT2D eigenvalue weighted by Gasteiger charge is -2.33. The summed E-state index contributed by atoms with van der Waals surface area (Å²) in [5, 5.41) is 1.36. The first-order valence-electron chi connectivity index (χ1n) is 14.9. The van der Waals surface area contributed by atoms with Gasteiger partial charge >= 0.3 is 5.97 Å². The van der Waals surface area contributed by atoms with Gasteiger partial charge in [0.25, 0.3) is 11.8 Å². The highest BCUT2D eigenvalue weighted by Gasteiger charge is 2.41. The lowest BCUT2D eigenvalue weighted by atomic mass is 9.81. The van der Waals surface area contributed by atoms with Crippen LogP contribution in [0.4, 0.5) is 0 Å². The average molecular weight is 640 g/mol. The van der Waals surface area contributed by atoms with Crippen molar-refractivity contribution in [1.82, 2.24) is 14.5 Å². The summed E-state index contributed by atoms with van der Waals surface area (Å²) in [6.45, 7) is 1.89. The summed E-state index contributed by atoms with van der Waals surface area (Å²) in [5.41, 5.74) is 4.74. The molecule has 0 N–H and O–H groups in total. The molecular weight excluding hydrogens is 610 g/mol. The molecule has 2 amide bonds. The maximum absolute atomic E-state index is 13.0. The van der Waals surface area contributed by atoms with Crippen LogP contribution >= 0.6 is 22.9 Å². The molecule has 1 aliphatic heterocycles. The number of ether oxygens (including phenoxy) is 2. The van der Waals surface area contributed by atoms with Gasteiger partial charge in [-0.25, -0.2) is 9.78 Å². The van der Waals surface area contributed by atoms with E-state index >= 15 is 0 Å². The molecule has 0 unspecified atom stereocenters. The number of rotatable bonds is 7. The van der Waals surface area contributed by atoms with Gasteiger partial charge in [0.15, 0.2) is 4.88 Å². The number of halogens is 1. The second-order valence-corrected chi connectivity index (χ2v) is 12.9. The van der Waals surface area contributed by atoms with Crippen molar-refractivity contribution in [1.29, 1.82) is 0 Å². The number of esters is 1. The number of hydrogen-bond donors (Lipinski definition) is 0. The number of thiophene rings is 1. The first-order chi connectivity index (χ1) is 21.8. The molecule has 0 spiro atoms. The van der Waals surface area contributed by atoms with Crippen molar-refractivity contribution in [2.45, 2.75) is 50.7 Å². The van der Waals surface area contributed by atoms with Gasteiger partial charge in [-0.05, 0) is 74.4 Å². The number of hydrogen-bond acceptors (Lipinski definition) is 7. The number of imide groups is 1. The topological polar surface area (TPSA) is 90.7 Å². The number of carbonyl (C=O) groups excluding carboxylic acids is 3.